The van der Waals surface area contributed by atoms with Crippen molar-refractivity contribution < 1.29 is 23.1 Å². The van der Waals surface area contributed by atoms with Crippen LogP contribution in [0.5, 0.6) is 0 Å². The molecule has 1 atom stereocenters. The van der Waals surface area contributed by atoms with Crippen LogP contribution in [0.2, 0.25) is 0 Å². The molecule has 1 aromatic carbocycles. The molecule has 1 aliphatic heterocycles. The van der Waals surface area contributed by atoms with Gasteiger partial charge in [0.2, 0.25) is 0 Å². The third-order valence-electron chi connectivity index (χ3n) is 6.62. The minimum atomic E-state index is -0.529. The van der Waals surface area contributed by atoms with Crippen LogP contribution >= 0.6 is 0 Å². The molecule has 1 N–H and O–H groups in total. The summed E-state index contributed by atoms with van der Waals surface area (Å²) in [7, 11) is 1.71. The molecule has 9 nitrogen and oxygen atoms in total. The second-order valence-corrected chi connectivity index (χ2v) is 10.8. The zero-order chi connectivity index (χ0) is 28.2. The quantitative estimate of drug-likeness (QED) is 0.378. The Morgan fingerprint density at radius 3 is 2.74 bits per heavy atom. The first-order chi connectivity index (χ1) is 18.5. The molecule has 2 amide bonds. The van der Waals surface area contributed by atoms with Gasteiger partial charge < -0.3 is 19.9 Å². The fraction of sp³-hybridized carbons (Fsp3) is 0.500. The number of fused-ring (bicyclic) bond motifs is 1. The van der Waals surface area contributed by atoms with E-state index in [0.29, 0.717) is 48.6 Å². The SMILES string of the molecule is CN(CCCCCNC(=O)c1cnn2ccc(N3CCC[C@@H]3c3cc(F)ccc3F)nc12)C(=O)OC(C)(C)C. The largest absolute Gasteiger partial charge is 0.444 e. The van der Waals surface area contributed by atoms with Crippen LogP contribution in [0.25, 0.3) is 5.65 Å². The van der Waals surface area contributed by atoms with E-state index in [2.05, 4.69) is 15.4 Å². The first-order valence-corrected chi connectivity index (χ1v) is 13.3. The lowest BCUT2D eigenvalue weighted by Crippen LogP contribution is -2.34. The van der Waals surface area contributed by atoms with Crippen LogP contribution in [0.4, 0.5) is 19.4 Å². The van der Waals surface area contributed by atoms with Crippen LogP contribution in [0.1, 0.15) is 74.8 Å². The lowest BCUT2D eigenvalue weighted by molar-refractivity contribution is 0.0296. The molecule has 1 fully saturated rings. The van der Waals surface area contributed by atoms with E-state index >= 15 is 0 Å². The van der Waals surface area contributed by atoms with Gasteiger partial charge in [0.15, 0.2) is 5.65 Å². The van der Waals surface area contributed by atoms with Gasteiger partial charge in [-0.25, -0.2) is 23.1 Å². The average Bonchev–Trinajstić information content (AvgIpc) is 3.53. The molecule has 0 saturated carbocycles. The highest BCUT2D eigenvalue weighted by atomic mass is 19.1. The van der Waals surface area contributed by atoms with Gasteiger partial charge in [-0.15, -0.1) is 0 Å². The molecular formula is C28H36F2N6O3. The van der Waals surface area contributed by atoms with Crippen molar-refractivity contribution in [2.45, 2.75) is 64.5 Å². The van der Waals surface area contributed by atoms with Crippen molar-refractivity contribution in [3.63, 3.8) is 0 Å². The van der Waals surface area contributed by atoms with Gasteiger partial charge in [-0.3, -0.25) is 4.79 Å². The normalized spacial score (nSPS) is 15.5. The second-order valence-electron chi connectivity index (χ2n) is 10.8. The number of nitrogens with zero attached hydrogens (tertiary/aromatic N) is 5. The first-order valence-electron chi connectivity index (χ1n) is 13.3. The maximum atomic E-state index is 14.5. The van der Waals surface area contributed by atoms with E-state index < -0.39 is 17.2 Å². The van der Waals surface area contributed by atoms with Crippen LogP contribution in [-0.4, -0.2) is 63.8 Å². The zero-order valence-corrected chi connectivity index (χ0v) is 22.9. The first kappa shape index (κ1) is 28.3. The number of anilines is 1. The highest BCUT2D eigenvalue weighted by Crippen LogP contribution is 2.36. The van der Waals surface area contributed by atoms with E-state index in [1.54, 1.807) is 24.2 Å². The summed E-state index contributed by atoms with van der Waals surface area (Å²) in [6.07, 6.45) is 6.70. The van der Waals surface area contributed by atoms with Crippen molar-refractivity contribution in [2.24, 2.45) is 0 Å². The predicted molar refractivity (Wildman–Crippen MR) is 144 cm³/mol. The fourth-order valence-corrected chi connectivity index (χ4v) is 4.69. The van der Waals surface area contributed by atoms with Gasteiger partial charge in [-0.05, 0) is 77.1 Å². The van der Waals surface area contributed by atoms with Gasteiger partial charge in [0, 0.05) is 38.4 Å². The number of hydrogen-bond acceptors (Lipinski definition) is 6. The summed E-state index contributed by atoms with van der Waals surface area (Å²) < 4.78 is 35.2. The summed E-state index contributed by atoms with van der Waals surface area (Å²) in [5, 5.41) is 7.16. The highest BCUT2D eigenvalue weighted by molar-refractivity contribution is 5.99. The summed E-state index contributed by atoms with van der Waals surface area (Å²) in [5.41, 5.74) is 0.514. The smallest absolute Gasteiger partial charge is 0.410 e. The molecule has 39 heavy (non-hydrogen) atoms. The maximum absolute atomic E-state index is 14.5. The number of nitrogens with one attached hydrogen (secondary N) is 1. The second kappa shape index (κ2) is 12.0. The monoisotopic (exact) mass is 542 g/mol. The van der Waals surface area contributed by atoms with Crippen LogP contribution in [0.15, 0.2) is 36.7 Å². The molecule has 1 saturated heterocycles. The lowest BCUT2D eigenvalue weighted by Gasteiger charge is -2.26. The Morgan fingerprint density at radius 2 is 1.97 bits per heavy atom. The molecule has 2 aromatic heterocycles. The third kappa shape index (κ3) is 7.01. The highest BCUT2D eigenvalue weighted by Gasteiger charge is 2.30. The number of halogens is 2. The number of hydrogen-bond donors (Lipinski definition) is 1. The van der Waals surface area contributed by atoms with Gasteiger partial charge in [0.05, 0.1) is 12.2 Å². The summed E-state index contributed by atoms with van der Waals surface area (Å²) >= 11 is 0. The van der Waals surface area contributed by atoms with Crippen molar-refractivity contribution in [3.8, 4) is 0 Å². The zero-order valence-electron chi connectivity index (χ0n) is 22.9. The summed E-state index contributed by atoms with van der Waals surface area (Å²) in [6.45, 7) is 7.18. The van der Waals surface area contributed by atoms with Gasteiger partial charge in [-0.1, -0.05) is 0 Å². The number of rotatable bonds is 9. The number of amides is 2. The van der Waals surface area contributed by atoms with Crippen LogP contribution in [0, 0.1) is 11.6 Å². The molecule has 3 heterocycles. The molecular weight excluding hydrogens is 506 g/mol. The molecule has 0 unspecified atom stereocenters. The molecule has 210 valence electrons. The summed E-state index contributed by atoms with van der Waals surface area (Å²) in [6, 6.07) is 4.93. The van der Waals surface area contributed by atoms with E-state index in [0.717, 1.165) is 37.8 Å². The Hall–Kier alpha value is -3.76. The molecule has 0 radical (unpaired) electrons. The Kier molecular flexibility index (Phi) is 8.66. The van der Waals surface area contributed by atoms with Crippen molar-refractivity contribution in [2.75, 3.05) is 31.6 Å². The average molecular weight is 543 g/mol. The summed E-state index contributed by atoms with van der Waals surface area (Å²) in [5.74, 6) is -0.631. The molecule has 0 bridgehead atoms. The van der Waals surface area contributed by atoms with Crippen LogP contribution in [0.3, 0.4) is 0 Å². The van der Waals surface area contributed by atoms with E-state index in [4.69, 9.17) is 4.74 Å². The summed E-state index contributed by atoms with van der Waals surface area (Å²) in [4.78, 5) is 33.1. The number of ether oxygens (including phenoxy) is 1. The Balaban J connectivity index is 1.33. The van der Waals surface area contributed by atoms with Gasteiger partial charge in [0.1, 0.15) is 28.6 Å². The Morgan fingerprint density at radius 1 is 1.18 bits per heavy atom. The Bertz CT molecular complexity index is 1320. The van der Waals surface area contributed by atoms with Crippen molar-refractivity contribution >= 4 is 23.5 Å². The molecule has 1 aliphatic rings. The number of unbranched alkanes of at least 4 members (excludes halogenated alkanes) is 2. The standard InChI is InChI=1S/C28H36F2N6O3/c1-28(2,3)39-27(38)34(4)14-7-5-6-13-31-26(37)21-18-32-36-16-12-24(33-25(21)36)35-15-8-9-23(35)20-17-19(29)10-11-22(20)30/h10-12,16-18,23H,5-9,13-15H2,1-4H3,(H,31,37)/t23-/m1/s1. The number of carbonyl (C=O) groups is 2. The van der Waals surface area contributed by atoms with Crippen molar-refractivity contribution in [1.82, 2.24) is 24.8 Å². The van der Waals surface area contributed by atoms with Crippen LogP contribution in [-0.2, 0) is 4.74 Å². The number of aromatic nitrogens is 3. The van der Waals surface area contributed by atoms with Gasteiger partial charge in [0.25, 0.3) is 5.91 Å². The van der Waals surface area contributed by atoms with Gasteiger partial charge >= 0.3 is 6.09 Å². The van der Waals surface area contributed by atoms with E-state index in [-0.39, 0.29) is 18.0 Å². The topological polar surface area (TPSA) is 92.1 Å². The molecule has 3 aromatic rings. The van der Waals surface area contributed by atoms with Crippen LogP contribution < -0.4 is 10.2 Å². The fourth-order valence-electron chi connectivity index (χ4n) is 4.69. The van der Waals surface area contributed by atoms with Crippen molar-refractivity contribution in [1.29, 1.82) is 0 Å². The molecule has 0 aliphatic carbocycles. The Labute approximate surface area is 227 Å². The molecule has 11 heteroatoms. The number of carbonyl (C=O) groups excluding carboxylic acids is 2. The van der Waals surface area contributed by atoms with E-state index in [1.165, 1.54) is 16.8 Å². The molecule has 4 rings (SSSR count). The predicted octanol–water partition coefficient (Wildman–Crippen LogP) is 5.12. The molecule has 0 spiro atoms. The van der Waals surface area contributed by atoms with E-state index in [1.807, 2.05) is 25.7 Å². The lowest BCUT2D eigenvalue weighted by atomic mass is 10.0. The van der Waals surface area contributed by atoms with E-state index in [9.17, 15) is 18.4 Å². The maximum Gasteiger partial charge on any atom is 0.410 e. The third-order valence-corrected chi connectivity index (χ3v) is 6.62. The van der Waals surface area contributed by atoms with Crippen molar-refractivity contribution in [3.05, 3.63) is 59.4 Å². The number of benzene rings is 1. The van der Waals surface area contributed by atoms with Gasteiger partial charge in [-0.2, -0.15) is 5.10 Å². The minimum absolute atomic E-state index is 0.283. The minimum Gasteiger partial charge on any atom is -0.444 e.